The Labute approximate surface area is 177 Å². The Morgan fingerprint density at radius 1 is 1.10 bits per heavy atom. The van der Waals surface area contributed by atoms with Crippen molar-refractivity contribution >= 4 is 11.9 Å². The van der Waals surface area contributed by atoms with E-state index >= 15 is 0 Å². The first-order chi connectivity index (χ1) is 14.7. The van der Waals surface area contributed by atoms with Gasteiger partial charge in [-0.05, 0) is 29.7 Å². The second kappa shape index (κ2) is 9.52. The third-order valence-corrected chi connectivity index (χ3v) is 5.49. The van der Waals surface area contributed by atoms with Crippen LogP contribution in [0.1, 0.15) is 17.5 Å². The molecule has 1 saturated heterocycles. The fraction of sp³-hybridized carbons (Fsp3) is 0.391. The molecule has 1 atom stereocenters. The average molecular weight is 409 g/mol. The Morgan fingerprint density at radius 3 is 2.77 bits per heavy atom. The Hall–Kier alpha value is -3.22. The zero-order valence-electron chi connectivity index (χ0n) is 17.3. The van der Waals surface area contributed by atoms with Gasteiger partial charge in [-0.3, -0.25) is 9.79 Å². The van der Waals surface area contributed by atoms with E-state index in [1.165, 1.54) is 5.56 Å². The van der Waals surface area contributed by atoms with E-state index in [2.05, 4.69) is 27.8 Å². The van der Waals surface area contributed by atoms with Crippen molar-refractivity contribution in [2.45, 2.75) is 19.4 Å². The van der Waals surface area contributed by atoms with Gasteiger partial charge in [0.05, 0.1) is 0 Å². The summed E-state index contributed by atoms with van der Waals surface area (Å²) in [6.45, 7) is 3.18. The second-order valence-electron chi connectivity index (χ2n) is 7.64. The summed E-state index contributed by atoms with van der Waals surface area (Å²) >= 11 is 0. The van der Waals surface area contributed by atoms with Crippen LogP contribution >= 0.6 is 0 Å². The molecule has 0 aromatic heterocycles. The van der Waals surface area contributed by atoms with Crippen molar-refractivity contribution in [1.29, 1.82) is 0 Å². The fourth-order valence-electron chi connectivity index (χ4n) is 3.81. The molecule has 7 nitrogen and oxygen atoms in total. The summed E-state index contributed by atoms with van der Waals surface area (Å²) in [5, 5.41) is 6.67. The second-order valence-corrected chi connectivity index (χ2v) is 7.64. The minimum Gasteiger partial charge on any atom is -0.454 e. The number of fused-ring (bicyclic) bond motifs is 1. The predicted octanol–water partition coefficient (Wildman–Crippen LogP) is 2.17. The molecule has 2 heterocycles. The van der Waals surface area contributed by atoms with E-state index in [-0.39, 0.29) is 18.6 Å². The Bertz CT molecular complexity index is 901. The number of carbonyl (C=O) groups excluding carboxylic acids is 1. The topological polar surface area (TPSA) is 75.2 Å². The highest BCUT2D eigenvalue weighted by Crippen LogP contribution is 2.32. The van der Waals surface area contributed by atoms with Crippen molar-refractivity contribution in [1.82, 2.24) is 15.5 Å². The monoisotopic (exact) mass is 408 g/mol. The van der Waals surface area contributed by atoms with E-state index in [1.807, 2.05) is 41.3 Å². The van der Waals surface area contributed by atoms with Crippen LogP contribution in [0.4, 0.5) is 0 Å². The molecule has 2 aromatic carbocycles. The Morgan fingerprint density at radius 2 is 1.93 bits per heavy atom. The van der Waals surface area contributed by atoms with Gasteiger partial charge in [0.1, 0.15) is 0 Å². The number of amides is 1. The Balaban J connectivity index is 1.21. The largest absolute Gasteiger partial charge is 0.454 e. The molecule has 1 unspecified atom stereocenters. The first kappa shape index (κ1) is 20.1. The third-order valence-electron chi connectivity index (χ3n) is 5.49. The van der Waals surface area contributed by atoms with E-state index < -0.39 is 0 Å². The molecule has 0 aliphatic carbocycles. The molecule has 2 aliphatic heterocycles. The van der Waals surface area contributed by atoms with E-state index in [1.54, 1.807) is 7.05 Å². The van der Waals surface area contributed by atoms with Crippen LogP contribution in [-0.2, 0) is 17.8 Å². The summed E-state index contributed by atoms with van der Waals surface area (Å²) < 4.78 is 10.8. The van der Waals surface area contributed by atoms with Crippen molar-refractivity contribution in [3.8, 4) is 11.5 Å². The summed E-state index contributed by atoms with van der Waals surface area (Å²) in [5.74, 6) is 2.81. The number of hydrogen-bond donors (Lipinski definition) is 2. The van der Waals surface area contributed by atoms with Crippen LogP contribution < -0.4 is 20.1 Å². The SMILES string of the molecule is CN=C(NCc1ccc2c(c1)OCO2)NCC1CC(=O)N(CCc2ccccc2)C1. The van der Waals surface area contributed by atoms with Crippen LogP contribution in [0.15, 0.2) is 53.5 Å². The first-order valence-electron chi connectivity index (χ1n) is 10.4. The molecule has 0 saturated carbocycles. The molecule has 2 aromatic rings. The normalized spacial score (nSPS) is 18.0. The molecule has 7 heteroatoms. The van der Waals surface area contributed by atoms with Crippen LogP contribution in [0, 0.1) is 5.92 Å². The lowest BCUT2D eigenvalue weighted by Crippen LogP contribution is -2.40. The van der Waals surface area contributed by atoms with Crippen LogP contribution in [0.25, 0.3) is 0 Å². The summed E-state index contributed by atoms with van der Waals surface area (Å²) in [6.07, 6.45) is 1.48. The maximum absolute atomic E-state index is 12.4. The molecule has 4 rings (SSSR count). The van der Waals surface area contributed by atoms with Gasteiger partial charge in [0.25, 0.3) is 0 Å². The molecule has 2 N–H and O–H groups in total. The van der Waals surface area contributed by atoms with Crippen LogP contribution in [0.2, 0.25) is 0 Å². The number of carbonyl (C=O) groups is 1. The van der Waals surface area contributed by atoms with E-state index in [0.717, 1.165) is 42.5 Å². The minimum absolute atomic E-state index is 0.237. The smallest absolute Gasteiger partial charge is 0.231 e. The van der Waals surface area contributed by atoms with Gasteiger partial charge in [0.2, 0.25) is 12.7 Å². The highest BCUT2D eigenvalue weighted by molar-refractivity contribution is 5.80. The molecular formula is C23H28N4O3. The number of nitrogens with one attached hydrogen (secondary N) is 2. The van der Waals surface area contributed by atoms with E-state index in [9.17, 15) is 4.79 Å². The van der Waals surface area contributed by atoms with Gasteiger partial charge in [-0.2, -0.15) is 0 Å². The molecule has 1 amide bonds. The number of hydrogen-bond acceptors (Lipinski definition) is 4. The number of ether oxygens (including phenoxy) is 2. The molecular weight excluding hydrogens is 380 g/mol. The maximum atomic E-state index is 12.4. The third kappa shape index (κ3) is 5.03. The molecule has 30 heavy (non-hydrogen) atoms. The predicted molar refractivity (Wildman–Crippen MR) is 116 cm³/mol. The summed E-state index contributed by atoms with van der Waals surface area (Å²) in [7, 11) is 1.75. The zero-order chi connectivity index (χ0) is 20.8. The number of nitrogens with zero attached hydrogens (tertiary/aromatic N) is 2. The lowest BCUT2D eigenvalue weighted by Gasteiger charge is -2.18. The van der Waals surface area contributed by atoms with Gasteiger partial charge < -0.3 is 25.0 Å². The van der Waals surface area contributed by atoms with Gasteiger partial charge >= 0.3 is 0 Å². The van der Waals surface area contributed by atoms with Gasteiger partial charge in [-0.15, -0.1) is 0 Å². The summed E-state index contributed by atoms with van der Waals surface area (Å²) in [6, 6.07) is 16.2. The average Bonchev–Trinajstić information content (AvgIpc) is 3.38. The number of guanidine groups is 1. The fourth-order valence-corrected chi connectivity index (χ4v) is 3.81. The van der Waals surface area contributed by atoms with Gasteiger partial charge in [0.15, 0.2) is 17.5 Å². The standard InChI is InChI=1S/C23H28N4O3/c1-24-23(25-13-18-7-8-20-21(11-18)30-16-29-20)26-14-19-12-22(28)27(15-19)10-9-17-5-3-2-4-6-17/h2-8,11,19H,9-10,12-16H2,1H3,(H2,24,25,26). The summed E-state index contributed by atoms with van der Waals surface area (Å²) in [5.41, 5.74) is 2.35. The van der Waals surface area contributed by atoms with Crippen LogP contribution in [0.5, 0.6) is 11.5 Å². The van der Waals surface area contributed by atoms with Crippen molar-refractivity contribution in [2.75, 3.05) is 33.5 Å². The molecule has 0 radical (unpaired) electrons. The zero-order valence-corrected chi connectivity index (χ0v) is 17.3. The quantitative estimate of drug-likeness (QED) is 0.543. The molecule has 0 bridgehead atoms. The molecule has 158 valence electrons. The molecule has 2 aliphatic rings. The van der Waals surface area contributed by atoms with Gasteiger partial charge in [0, 0.05) is 45.6 Å². The van der Waals surface area contributed by atoms with Crippen molar-refractivity contribution in [2.24, 2.45) is 10.9 Å². The Kier molecular flexibility index (Phi) is 6.37. The number of rotatable bonds is 7. The number of benzene rings is 2. The van der Waals surface area contributed by atoms with Gasteiger partial charge in [-0.1, -0.05) is 36.4 Å². The molecule has 1 fully saturated rings. The van der Waals surface area contributed by atoms with Crippen molar-refractivity contribution in [3.63, 3.8) is 0 Å². The van der Waals surface area contributed by atoms with Crippen molar-refractivity contribution in [3.05, 3.63) is 59.7 Å². The number of likely N-dealkylation sites (tertiary alicyclic amines) is 1. The van der Waals surface area contributed by atoms with Crippen molar-refractivity contribution < 1.29 is 14.3 Å². The number of aliphatic imine (C=N–C) groups is 1. The lowest BCUT2D eigenvalue weighted by atomic mass is 10.1. The lowest BCUT2D eigenvalue weighted by molar-refractivity contribution is -0.127. The van der Waals surface area contributed by atoms with Gasteiger partial charge in [-0.25, -0.2) is 0 Å². The van der Waals surface area contributed by atoms with E-state index in [4.69, 9.17) is 9.47 Å². The summed E-state index contributed by atoms with van der Waals surface area (Å²) in [4.78, 5) is 18.6. The first-order valence-corrected chi connectivity index (χ1v) is 10.4. The highest BCUT2D eigenvalue weighted by atomic mass is 16.7. The van der Waals surface area contributed by atoms with Crippen LogP contribution in [-0.4, -0.2) is 50.2 Å². The maximum Gasteiger partial charge on any atom is 0.231 e. The van der Waals surface area contributed by atoms with Crippen LogP contribution in [0.3, 0.4) is 0 Å². The molecule has 0 spiro atoms. The minimum atomic E-state index is 0.237. The highest BCUT2D eigenvalue weighted by Gasteiger charge is 2.29. The van der Waals surface area contributed by atoms with E-state index in [0.29, 0.717) is 19.5 Å².